The van der Waals surface area contributed by atoms with Gasteiger partial charge in [-0.2, -0.15) is 4.31 Å². The first-order chi connectivity index (χ1) is 16.7. The van der Waals surface area contributed by atoms with Crippen molar-refractivity contribution in [2.45, 2.75) is 24.7 Å². The van der Waals surface area contributed by atoms with E-state index < -0.39 is 10.0 Å². The Balaban J connectivity index is 1.69. The molecule has 35 heavy (non-hydrogen) atoms. The summed E-state index contributed by atoms with van der Waals surface area (Å²) in [6, 6.07) is 10.6. The molecule has 5 rings (SSSR count). The molecule has 3 aromatic rings. The van der Waals surface area contributed by atoms with E-state index in [4.69, 9.17) is 22.1 Å². The van der Waals surface area contributed by atoms with Crippen molar-refractivity contribution in [2.24, 2.45) is 0 Å². The fourth-order valence-electron chi connectivity index (χ4n) is 4.56. The summed E-state index contributed by atoms with van der Waals surface area (Å²) in [5.74, 6) is -0.0633. The molecule has 1 saturated heterocycles. The van der Waals surface area contributed by atoms with Crippen LogP contribution < -0.4 is 11.1 Å². The summed E-state index contributed by atoms with van der Waals surface area (Å²) in [5, 5.41) is 2.96. The van der Waals surface area contributed by atoms with Crippen LogP contribution in [0.2, 0.25) is 5.02 Å². The quantitative estimate of drug-likeness (QED) is 0.548. The van der Waals surface area contributed by atoms with Crippen LogP contribution in [0.4, 0.5) is 11.6 Å². The van der Waals surface area contributed by atoms with Gasteiger partial charge in [0, 0.05) is 36.8 Å². The summed E-state index contributed by atoms with van der Waals surface area (Å²) >= 11 is 6.51. The van der Waals surface area contributed by atoms with Crippen LogP contribution in [0.25, 0.3) is 22.4 Å². The molecule has 2 aromatic carbocycles. The lowest BCUT2D eigenvalue weighted by Crippen LogP contribution is -2.40. The molecule has 0 unspecified atom stereocenters. The minimum atomic E-state index is -3.83. The molecule has 3 N–H and O–H groups in total. The molecule has 0 spiro atoms. The molecular formula is C24H24ClN5O4S. The Morgan fingerprint density at radius 2 is 1.91 bits per heavy atom. The minimum Gasteiger partial charge on any atom is -0.379 e. The average Bonchev–Trinajstić information content (AvgIpc) is 2.83. The van der Waals surface area contributed by atoms with Crippen LogP contribution in [0.1, 0.15) is 18.2 Å². The van der Waals surface area contributed by atoms with Crippen molar-refractivity contribution >= 4 is 39.2 Å². The van der Waals surface area contributed by atoms with Gasteiger partial charge < -0.3 is 15.8 Å². The first-order valence-electron chi connectivity index (χ1n) is 11.2. The molecule has 2 heterocycles. The number of sulfonamides is 1. The predicted molar refractivity (Wildman–Crippen MR) is 134 cm³/mol. The van der Waals surface area contributed by atoms with E-state index in [1.807, 2.05) is 12.1 Å². The van der Waals surface area contributed by atoms with Crippen LogP contribution in [-0.4, -0.2) is 54.9 Å². The van der Waals surface area contributed by atoms with E-state index in [1.165, 1.54) is 11.2 Å². The van der Waals surface area contributed by atoms with E-state index in [-0.39, 0.29) is 34.9 Å². The molecule has 1 amide bonds. The van der Waals surface area contributed by atoms with Gasteiger partial charge in [-0.1, -0.05) is 23.7 Å². The molecule has 0 saturated carbocycles. The molecule has 1 aliphatic carbocycles. The number of aromatic nitrogens is 2. The topological polar surface area (TPSA) is 128 Å². The van der Waals surface area contributed by atoms with E-state index >= 15 is 0 Å². The zero-order valence-corrected chi connectivity index (χ0v) is 20.6. The highest BCUT2D eigenvalue weighted by Gasteiger charge is 2.32. The van der Waals surface area contributed by atoms with Gasteiger partial charge in [0.1, 0.15) is 4.90 Å². The lowest BCUT2D eigenvalue weighted by Gasteiger charge is -2.28. The van der Waals surface area contributed by atoms with Crippen molar-refractivity contribution in [1.82, 2.24) is 14.3 Å². The second-order valence-corrected chi connectivity index (χ2v) is 10.8. The summed E-state index contributed by atoms with van der Waals surface area (Å²) < 4.78 is 33.6. The highest BCUT2D eigenvalue weighted by atomic mass is 35.5. The zero-order valence-electron chi connectivity index (χ0n) is 19.0. The number of fused-ring (bicyclic) bond motifs is 3. The van der Waals surface area contributed by atoms with Crippen LogP contribution in [0.5, 0.6) is 0 Å². The van der Waals surface area contributed by atoms with Crippen LogP contribution in [-0.2, 0) is 32.4 Å². The van der Waals surface area contributed by atoms with Crippen LogP contribution in [0.15, 0.2) is 41.3 Å². The number of aryl methyl sites for hydroxylation is 2. The van der Waals surface area contributed by atoms with Gasteiger partial charge in [-0.3, -0.25) is 4.79 Å². The Hall–Kier alpha value is -3.05. The Morgan fingerprint density at radius 1 is 1.14 bits per heavy atom. The Morgan fingerprint density at radius 3 is 2.66 bits per heavy atom. The van der Waals surface area contributed by atoms with Crippen molar-refractivity contribution in [1.29, 1.82) is 0 Å². The molecule has 1 fully saturated rings. The number of morpholine rings is 1. The monoisotopic (exact) mass is 513 g/mol. The van der Waals surface area contributed by atoms with Gasteiger partial charge in [-0.05, 0) is 48.2 Å². The molecule has 182 valence electrons. The van der Waals surface area contributed by atoms with Gasteiger partial charge in [-0.25, -0.2) is 18.4 Å². The Bertz CT molecular complexity index is 1440. The average molecular weight is 514 g/mol. The number of carbonyl (C=O) groups excluding carboxylic acids is 1. The normalized spacial score (nSPS) is 15.8. The number of rotatable bonds is 4. The van der Waals surface area contributed by atoms with Gasteiger partial charge in [-0.15, -0.1) is 0 Å². The number of halogens is 1. The number of nitrogens with one attached hydrogen (secondary N) is 1. The van der Waals surface area contributed by atoms with E-state index in [2.05, 4.69) is 15.3 Å². The third-order valence-corrected chi connectivity index (χ3v) is 8.47. The van der Waals surface area contributed by atoms with E-state index in [0.717, 1.165) is 22.4 Å². The number of amides is 1. The largest absolute Gasteiger partial charge is 0.379 e. The first kappa shape index (κ1) is 23.7. The summed E-state index contributed by atoms with van der Waals surface area (Å²) in [6.45, 7) is 2.66. The maximum atomic E-state index is 13.5. The number of nitrogens with zero attached hydrogens (tertiary/aromatic N) is 3. The van der Waals surface area contributed by atoms with Crippen LogP contribution in [0.3, 0.4) is 0 Å². The smallest absolute Gasteiger partial charge is 0.244 e. The number of hydrogen-bond donors (Lipinski definition) is 2. The fraction of sp³-hybridized carbons (Fsp3) is 0.292. The third kappa shape index (κ3) is 4.50. The number of ether oxygens (including phenoxy) is 1. The van der Waals surface area contributed by atoms with Crippen molar-refractivity contribution in [3.05, 3.63) is 52.7 Å². The number of anilines is 2. The molecule has 1 aliphatic heterocycles. The third-order valence-electron chi connectivity index (χ3n) is 6.10. The summed E-state index contributed by atoms with van der Waals surface area (Å²) in [6.07, 6.45) is 1.25. The maximum Gasteiger partial charge on any atom is 0.244 e. The van der Waals surface area contributed by atoms with Crippen LogP contribution in [0, 0.1) is 0 Å². The number of hydrogen-bond acceptors (Lipinski definition) is 7. The second-order valence-electron chi connectivity index (χ2n) is 8.47. The Labute approximate surface area is 208 Å². The second kappa shape index (κ2) is 9.19. The number of nitrogen functional groups attached to an aromatic ring is 1. The van der Waals surface area contributed by atoms with Gasteiger partial charge in [0.25, 0.3) is 0 Å². The first-order valence-corrected chi connectivity index (χ1v) is 13.0. The molecule has 0 radical (unpaired) electrons. The number of nitrogens with two attached hydrogens (primary N) is 1. The summed E-state index contributed by atoms with van der Waals surface area (Å²) in [4.78, 5) is 20.6. The zero-order chi connectivity index (χ0) is 24.7. The molecule has 0 atom stereocenters. The molecule has 1 aromatic heterocycles. The van der Waals surface area contributed by atoms with Gasteiger partial charge in [0.2, 0.25) is 21.9 Å². The fourth-order valence-corrected chi connectivity index (χ4v) is 6.52. The predicted octanol–water partition coefficient (Wildman–Crippen LogP) is 3.12. The number of benzene rings is 2. The van der Waals surface area contributed by atoms with Crippen molar-refractivity contribution in [3.8, 4) is 22.4 Å². The highest BCUT2D eigenvalue weighted by molar-refractivity contribution is 7.89. The highest BCUT2D eigenvalue weighted by Crippen LogP contribution is 2.43. The standard InChI is InChI=1S/C24H24ClN5O4S/c1-14(31)27-17-4-2-3-16(11-17)23-22-18-13-21(35(32,33)30-7-9-34-10-8-30)19(25)12-15(18)5-6-20(22)28-24(26)29-23/h2-4,11-13H,5-10H2,1H3,(H,27,31)(H2,26,28,29). The lowest BCUT2D eigenvalue weighted by atomic mass is 9.86. The Kier molecular flexibility index (Phi) is 6.22. The van der Waals surface area contributed by atoms with Gasteiger partial charge in [0.05, 0.1) is 29.6 Å². The molecular weight excluding hydrogens is 490 g/mol. The summed E-state index contributed by atoms with van der Waals surface area (Å²) in [7, 11) is -3.83. The van der Waals surface area contributed by atoms with Gasteiger partial charge >= 0.3 is 0 Å². The molecule has 2 aliphatic rings. The van der Waals surface area contributed by atoms with Gasteiger partial charge in [0.15, 0.2) is 0 Å². The maximum absolute atomic E-state index is 13.5. The van der Waals surface area contributed by atoms with E-state index in [9.17, 15) is 13.2 Å². The molecule has 11 heteroatoms. The SMILES string of the molecule is CC(=O)Nc1cccc(-c2nc(N)nc3c2-c2cc(S(=O)(=O)N4CCOCC4)c(Cl)cc2CC3)c1. The van der Waals surface area contributed by atoms with Crippen molar-refractivity contribution in [2.75, 3.05) is 37.4 Å². The lowest BCUT2D eigenvalue weighted by molar-refractivity contribution is -0.114. The number of carbonyl (C=O) groups is 1. The molecule has 9 nitrogen and oxygen atoms in total. The molecule has 0 bridgehead atoms. The van der Waals surface area contributed by atoms with E-state index in [0.29, 0.717) is 43.0 Å². The van der Waals surface area contributed by atoms with Crippen molar-refractivity contribution in [3.63, 3.8) is 0 Å². The van der Waals surface area contributed by atoms with E-state index in [1.54, 1.807) is 24.3 Å². The summed E-state index contributed by atoms with van der Waals surface area (Å²) in [5.41, 5.74) is 11.0. The minimum absolute atomic E-state index is 0.0439. The van der Waals surface area contributed by atoms with Crippen LogP contribution >= 0.6 is 11.6 Å². The van der Waals surface area contributed by atoms with Crippen molar-refractivity contribution < 1.29 is 17.9 Å².